The van der Waals surface area contributed by atoms with E-state index < -0.39 is 0 Å². The number of benzene rings is 8. The number of fused-ring (bicyclic) bond motifs is 13. The van der Waals surface area contributed by atoms with E-state index in [4.69, 9.17) is 19.4 Å². The third kappa shape index (κ3) is 4.49. The van der Waals surface area contributed by atoms with Gasteiger partial charge in [0.1, 0.15) is 11.2 Å². The maximum absolute atomic E-state index is 6.58. The molecule has 12 aromatic rings. The molecule has 0 radical (unpaired) electrons. The summed E-state index contributed by atoms with van der Waals surface area (Å²) in [4.78, 5) is 15.2. The van der Waals surface area contributed by atoms with Crippen LogP contribution < -0.4 is 0 Å². The Morgan fingerprint density at radius 2 is 1.05 bits per heavy atom. The number of aromatic nitrogens is 4. The molecule has 4 heterocycles. The van der Waals surface area contributed by atoms with Gasteiger partial charge >= 0.3 is 0 Å². The summed E-state index contributed by atoms with van der Waals surface area (Å²) in [5, 5.41) is 9.64. The first-order valence-electron chi connectivity index (χ1n) is 18.4. The van der Waals surface area contributed by atoms with Crippen LogP contribution in [-0.4, -0.2) is 19.5 Å². The summed E-state index contributed by atoms with van der Waals surface area (Å²) in [6, 6.07) is 59.4. The molecule has 0 aliphatic rings. The van der Waals surface area contributed by atoms with Gasteiger partial charge in [0.25, 0.3) is 0 Å². The van der Waals surface area contributed by atoms with Crippen LogP contribution in [0.15, 0.2) is 174 Å². The highest BCUT2D eigenvalue weighted by molar-refractivity contribution is 7.27. The molecule has 0 aliphatic heterocycles. The number of thiophene rings is 1. The van der Waals surface area contributed by atoms with Crippen molar-refractivity contribution in [3.8, 4) is 39.9 Å². The Kier molecular flexibility index (Phi) is 6.44. The summed E-state index contributed by atoms with van der Waals surface area (Å²) in [5.41, 5.74) is 7.81. The lowest BCUT2D eigenvalue weighted by Crippen LogP contribution is -2.00. The van der Waals surface area contributed by atoms with Gasteiger partial charge in [-0.15, -0.1) is 11.3 Å². The third-order valence-corrected chi connectivity index (χ3v) is 12.0. The fraction of sp³-hybridized carbons (Fsp3) is 0. The number of para-hydroxylation sites is 1. The minimum Gasteiger partial charge on any atom is -0.456 e. The van der Waals surface area contributed by atoms with Crippen molar-refractivity contribution in [3.05, 3.63) is 170 Å². The van der Waals surface area contributed by atoms with Gasteiger partial charge < -0.3 is 8.98 Å². The highest BCUT2D eigenvalue weighted by Gasteiger charge is 2.23. The summed E-state index contributed by atoms with van der Waals surface area (Å²) in [5.74, 6) is 1.85. The molecule has 0 atom stereocenters. The lowest BCUT2D eigenvalue weighted by molar-refractivity contribution is 0.669. The second-order valence-corrected chi connectivity index (χ2v) is 15.0. The van der Waals surface area contributed by atoms with Crippen LogP contribution in [0.5, 0.6) is 0 Å². The van der Waals surface area contributed by atoms with Gasteiger partial charge in [0, 0.05) is 59.4 Å². The summed E-state index contributed by atoms with van der Waals surface area (Å²) < 4.78 is 11.6. The minimum atomic E-state index is 0.599. The molecule has 0 amide bonds. The van der Waals surface area contributed by atoms with E-state index in [9.17, 15) is 0 Å². The largest absolute Gasteiger partial charge is 0.456 e. The van der Waals surface area contributed by atoms with E-state index in [1.54, 1.807) is 0 Å². The fourth-order valence-electron chi connectivity index (χ4n) is 8.46. The van der Waals surface area contributed by atoms with E-state index in [-0.39, 0.29) is 0 Å². The van der Waals surface area contributed by atoms with Crippen molar-refractivity contribution in [2.24, 2.45) is 0 Å². The molecular weight excluding hydrogens is 693 g/mol. The molecule has 0 unspecified atom stereocenters. The second kappa shape index (κ2) is 11.7. The lowest BCUT2D eigenvalue weighted by atomic mass is 9.99. The monoisotopic (exact) mass is 720 g/mol. The summed E-state index contributed by atoms with van der Waals surface area (Å²) in [6.45, 7) is 0. The second-order valence-electron chi connectivity index (χ2n) is 13.9. The van der Waals surface area contributed by atoms with Crippen LogP contribution in [0.1, 0.15) is 0 Å². The maximum atomic E-state index is 6.58. The predicted molar refractivity (Wildman–Crippen MR) is 228 cm³/mol. The first-order valence-corrected chi connectivity index (χ1v) is 19.2. The quantitative estimate of drug-likeness (QED) is 0.182. The first-order chi connectivity index (χ1) is 27.3. The van der Waals surface area contributed by atoms with Crippen LogP contribution >= 0.6 is 11.3 Å². The molecule has 256 valence electrons. The highest BCUT2D eigenvalue weighted by Crippen LogP contribution is 2.48. The number of hydrogen-bond donors (Lipinski definition) is 0. The molecule has 0 aliphatic carbocycles. The molecule has 0 bridgehead atoms. The summed E-state index contributed by atoms with van der Waals surface area (Å²) >= 11 is 1.87. The molecule has 0 N–H and O–H groups in total. The van der Waals surface area contributed by atoms with Crippen LogP contribution in [0.25, 0.3) is 115 Å². The average Bonchev–Trinajstić information content (AvgIpc) is 3.94. The molecule has 12 rings (SSSR count). The Bertz CT molecular complexity index is 3430. The molecule has 8 aromatic carbocycles. The lowest BCUT2D eigenvalue weighted by Gasteiger charge is -2.11. The molecule has 55 heavy (non-hydrogen) atoms. The van der Waals surface area contributed by atoms with Crippen LogP contribution in [-0.2, 0) is 0 Å². The van der Waals surface area contributed by atoms with Crippen molar-refractivity contribution < 1.29 is 4.42 Å². The van der Waals surface area contributed by atoms with Gasteiger partial charge in [-0.3, -0.25) is 0 Å². The maximum Gasteiger partial charge on any atom is 0.164 e. The van der Waals surface area contributed by atoms with Gasteiger partial charge in [-0.2, -0.15) is 0 Å². The smallest absolute Gasteiger partial charge is 0.164 e. The van der Waals surface area contributed by atoms with Gasteiger partial charge in [0.2, 0.25) is 0 Å². The molecule has 0 saturated carbocycles. The minimum absolute atomic E-state index is 0.599. The number of hydrogen-bond acceptors (Lipinski definition) is 5. The van der Waals surface area contributed by atoms with Crippen LogP contribution in [0.3, 0.4) is 0 Å². The van der Waals surface area contributed by atoms with Crippen molar-refractivity contribution in [1.82, 2.24) is 19.5 Å². The van der Waals surface area contributed by atoms with Crippen LogP contribution in [0.2, 0.25) is 0 Å². The Hall–Kier alpha value is -7.15. The predicted octanol–water partition coefficient (Wildman–Crippen LogP) is 13.4. The van der Waals surface area contributed by atoms with E-state index in [0.29, 0.717) is 17.5 Å². The number of nitrogens with zero attached hydrogens (tertiary/aromatic N) is 4. The van der Waals surface area contributed by atoms with Crippen molar-refractivity contribution in [1.29, 1.82) is 0 Å². The first kappa shape index (κ1) is 30.3. The Morgan fingerprint density at radius 3 is 1.80 bits per heavy atom. The standard InChI is InChI=1S/C49H28N4OS/c1-3-14-29(15-4-1)47-50-48(30-16-5-2-6-17-30)52-49(51-47)36-22-13-24-40-42(36)37-28-31(26-27-39(37)54-40)53-38-23-11-9-20-34(38)43-32-18-7-8-19-33(32)44-35-21-10-12-25-41(35)55-46(44)45(43)53/h1-28H. The SMILES string of the molecule is c1ccc(-c2nc(-c3ccccc3)nc(-c3cccc4oc5ccc(-n6c7ccccc7c7c8ccccc8c8c9ccccc9sc8c76)cc5c34)n2)cc1. The molecule has 5 nitrogen and oxygen atoms in total. The normalized spacial score (nSPS) is 12.0. The van der Waals surface area contributed by atoms with Crippen molar-refractivity contribution >= 4 is 86.0 Å². The molecule has 0 spiro atoms. The summed E-state index contributed by atoms with van der Waals surface area (Å²) in [6.07, 6.45) is 0. The van der Waals surface area contributed by atoms with E-state index in [1.807, 2.05) is 84.1 Å². The van der Waals surface area contributed by atoms with Crippen LogP contribution in [0, 0.1) is 0 Å². The molecule has 4 aromatic heterocycles. The third-order valence-electron chi connectivity index (χ3n) is 10.8. The number of rotatable bonds is 4. The zero-order chi connectivity index (χ0) is 36.0. The molecular formula is C49H28N4OS. The van der Waals surface area contributed by atoms with Crippen molar-refractivity contribution in [2.75, 3.05) is 0 Å². The summed E-state index contributed by atoms with van der Waals surface area (Å²) in [7, 11) is 0. The zero-order valence-corrected chi connectivity index (χ0v) is 30.1. The van der Waals surface area contributed by atoms with E-state index >= 15 is 0 Å². The Balaban J connectivity index is 1.16. The number of furan rings is 1. The topological polar surface area (TPSA) is 56.7 Å². The van der Waals surface area contributed by atoms with E-state index in [2.05, 4.69) is 102 Å². The average molecular weight is 721 g/mol. The van der Waals surface area contributed by atoms with Gasteiger partial charge in [-0.1, -0.05) is 133 Å². The molecule has 6 heteroatoms. The molecule has 0 saturated heterocycles. The van der Waals surface area contributed by atoms with E-state index in [0.717, 1.165) is 49.8 Å². The van der Waals surface area contributed by atoms with Gasteiger partial charge in [0.05, 0.1) is 15.7 Å². The van der Waals surface area contributed by atoms with Crippen molar-refractivity contribution in [3.63, 3.8) is 0 Å². The van der Waals surface area contributed by atoms with Crippen molar-refractivity contribution in [2.45, 2.75) is 0 Å². The zero-order valence-electron chi connectivity index (χ0n) is 29.3. The van der Waals surface area contributed by atoms with Gasteiger partial charge in [-0.25, -0.2) is 15.0 Å². The Labute approximate surface area is 318 Å². The Morgan fingerprint density at radius 1 is 0.436 bits per heavy atom. The van der Waals surface area contributed by atoms with E-state index in [1.165, 1.54) is 47.2 Å². The van der Waals surface area contributed by atoms with Gasteiger partial charge in [-0.05, 0) is 47.2 Å². The highest BCUT2D eigenvalue weighted by atomic mass is 32.1. The molecule has 0 fully saturated rings. The van der Waals surface area contributed by atoms with Crippen LogP contribution in [0.4, 0.5) is 0 Å². The van der Waals surface area contributed by atoms with Gasteiger partial charge in [0.15, 0.2) is 17.5 Å². The fourth-order valence-corrected chi connectivity index (χ4v) is 9.72.